The van der Waals surface area contributed by atoms with Gasteiger partial charge in [0, 0.05) is 19.5 Å². The van der Waals surface area contributed by atoms with Gasteiger partial charge in [0.25, 0.3) is 0 Å². The third kappa shape index (κ3) is 4.96. The highest BCUT2D eigenvalue weighted by Gasteiger charge is 2.25. The van der Waals surface area contributed by atoms with E-state index >= 15 is 0 Å². The smallest absolute Gasteiger partial charge is 0.223 e. The van der Waals surface area contributed by atoms with Gasteiger partial charge in [-0.3, -0.25) is 4.79 Å². The van der Waals surface area contributed by atoms with Gasteiger partial charge in [-0.25, -0.2) is 4.39 Å². The van der Waals surface area contributed by atoms with Crippen LogP contribution in [0.25, 0.3) is 0 Å². The number of nitrogens with zero attached hydrogens (tertiary/aromatic N) is 1. The lowest BCUT2D eigenvalue weighted by molar-refractivity contribution is -0.133. The van der Waals surface area contributed by atoms with E-state index in [1.807, 2.05) is 24.9 Å². The molecule has 2 atom stereocenters. The second-order valence-electron chi connectivity index (χ2n) is 6.03. The molecule has 1 heterocycles. The minimum Gasteiger partial charge on any atom is -0.342 e. The van der Waals surface area contributed by atoms with Gasteiger partial charge in [0.1, 0.15) is 5.82 Å². The summed E-state index contributed by atoms with van der Waals surface area (Å²) >= 11 is 0. The first kappa shape index (κ1) is 18.9. The maximum atomic E-state index is 13.8. The number of hydrogen-bond donors (Lipinski definition) is 1. The highest BCUT2D eigenvalue weighted by Crippen LogP contribution is 2.24. The molecule has 3 nitrogen and oxygen atoms in total. The summed E-state index contributed by atoms with van der Waals surface area (Å²) in [5.74, 6) is 0.385. The lowest BCUT2D eigenvalue weighted by Crippen LogP contribution is -2.42. The van der Waals surface area contributed by atoms with E-state index in [9.17, 15) is 9.18 Å². The zero-order valence-corrected chi connectivity index (χ0v) is 14.2. The summed E-state index contributed by atoms with van der Waals surface area (Å²) in [6, 6.07) is 6.73. The molecule has 1 saturated heterocycles. The fourth-order valence-electron chi connectivity index (χ4n) is 3.12. The first-order valence-electron chi connectivity index (χ1n) is 7.78. The second kappa shape index (κ2) is 9.11. The molecule has 22 heavy (non-hydrogen) atoms. The average molecular weight is 329 g/mol. The maximum Gasteiger partial charge on any atom is 0.223 e. The third-order valence-electron chi connectivity index (χ3n) is 4.28. The van der Waals surface area contributed by atoms with Gasteiger partial charge in [0.05, 0.1) is 0 Å². The molecule has 0 spiro atoms. The van der Waals surface area contributed by atoms with Gasteiger partial charge in [-0.2, -0.15) is 0 Å². The molecule has 0 aliphatic carbocycles. The van der Waals surface area contributed by atoms with Crippen LogP contribution in [-0.2, 0) is 4.79 Å². The van der Waals surface area contributed by atoms with E-state index in [1.54, 1.807) is 12.1 Å². The van der Waals surface area contributed by atoms with Gasteiger partial charge in [-0.05, 0) is 49.9 Å². The summed E-state index contributed by atoms with van der Waals surface area (Å²) in [7, 11) is 1.95. The molecular formula is C17H26ClFN2O. The number of piperidine rings is 1. The fraction of sp³-hybridized carbons (Fsp3) is 0.588. The van der Waals surface area contributed by atoms with Crippen molar-refractivity contribution >= 4 is 18.3 Å². The number of rotatable bonds is 5. The van der Waals surface area contributed by atoms with E-state index in [0.29, 0.717) is 17.9 Å². The van der Waals surface area contributed by atoms with Crippen molar-refractivity contribution in [2.24, 2.45) is 5.92 Å². The molecule has 1 N–H and O–H groups in total. The van der Waals surface area contributed by atoms with Crippen LogP contribution in [0.3, 0.4) is 0 Å². The quantitative estimate of drug-likeness (QED) is 0.900. The summed E-state index contributed by atoms with van der Waals surface area (Å²) < 4.78 is 13.8. The number of carbonyl (C=O) groups excluding carboxylic acids is 1. The Kier molecular flexibility index (Phi) is 7.83. The summed E-state index contributed by atoms with van der Waals surface area (Å²) in [6.45, 7) is 4.53. The van der Waals surface area contributed by atoms with Crippen molar-refractivity contribution in [2.75, 3.05) is 26.7 Å². The van der Waals surface area contributed by atoms with Crippen LogP contribution >= 0.6 is 12.4 Å². The maximum absolute atomic E-state index is 13.8. The SMILES string of the molecule is CNCC1CCCN(C(=O)CC(C)c2ccccc2F)C1.Cl. The first-order chi connectivity index (χ1) is 10.1. The topological polar surface area (TPSA) is 32.3 Å². The predicted octanol–water partition coefficient (Wildman–Crippen LogP) is 3.20. The Bertz CT molecular complexity index is 481. The summed E-state index contributed by atoms with van der Waals surface area (Å²) in [5, 5.41) is 3.18. The van der Waals surface area contributed by atoms with Crippen LogP contribution in [0.1, 0.15) is 37.7 Å². The Balaban J connectivity index is 0.00000242. The average Bonchev–Trinajstić information content (AvgIpc) is 2.48. The van der Waals surface area contributed by atoms with Gasteiger partial charge < -0.3 is 10.2 Å². The molecule has 124 valence electrons. The fourth-order valence-corrected chi connectivity index (χ4v) is 3.12. The lowest BCUT2D eigenvalue weighted by Gasteiger charge is -2.33. The number of amides is 1. The molecular weight excluding hydrogens is 303 g/mol. The van der Waals surface area contributed by atoms with Crippen molar-refractivity contribution < 1.29 is 9.18 Å². The zero-order chi connectivity index (χ0) is 15.2. The van der Waals surface area contributed by atoms with E-state index in [1.165, 1.54) is 12.5 Å². The van der Waals surface area contributed by atoms with E-state index in [4.69, 9.17) is 0 Å². The van der Waals surface area contributed by atoms with Crippen molar-refractivity contribution in [3.63, 3.8) is 0 Å². The number of nitrogens with one attached hydrogen (secondary N) is 1. The number of likely N-dealkylation sites (tertiary alicyclic amines) is 1. The number of hydrogen-bond acceptors (Lipinski definition) is 2. The standard InChI is InChI=1S/C17H25FN2O.ClH/c1-13(15-7-3-4-8-16(15)18)10-17(21)20-9-5-6-14(12-20)11-19-2;/h3-4,7-8,13-14,19H,5-6,9-12H2,1-2H3;1H. The van der Waals surface area contributed by atoms with Gasteiger partial charge in [0.2, 0.25) is 5.91 Å². The molecule has 0 aromatic heterocycles. The largest absolute Gasteiger partial charge is 0.342 e. The van der Waals surface area contributed by atoms with Crippen molar-refractivity contribution in [3.8, 4) is 0 Å². The minimum absolute atomic E-state index is 0. The van der Waals surface area contributed by atoms with Crippen molar-refractivity contribution in [2.45, 2.75) is 32.1 Å². The summed E-state index contributed by atoms with van der Waals surface area (Å²) in [4.78, 5) is 14.4. The van der Waals surface area contributed by atoms with Crippen LogP contribution in [0.15, 0.2) is 24.3 Å². The molecule has 1 fully saturated rings. The molecule has 5 heteroatoms. The lowest BCUT2D eigenvalue weighted by atomic mass is 9.94. The van der Waals surface area contributed by atoms with Crippen LogP contribution in [0, 0.1) is 11.7 Å². The Morgan fingerprint density at radius 2 is 2.18 bits per heavy atom. The van der Waals surface area contributed by atoms with E-state index in [2.05, 4.69) is 5.32 Å². The second-order valence-corrected chi connectivity index (χ2v) is 6.03. The first-order valence-corrected chi connectivity index (χ1v) is 7.78. The van der Waals surface area contributed by atoms with Crippen molar-refractivity contribution in [1.82, 2.24) is 10.2 Å². The molecule has 1 aromatic carbocycles. The normalized spacial score (nSPS) is 19.4. The molecule has 1 aliphatic heterocycles. The Labute approximate surface area is 138 Å². The zero-order valence-electron chi connectivity index (χ0n) is 13.3. The molecule has 1 aliphatic rings. The Morgan fingerprint density at radius 3 is 2.86 bits per heavy atom. The van der Waals surface area contributed by atoms with Crippen LogP contribution in [0.4, 0.5) is 4.39 Å². The molecule has 0 radical (unpaired) electrons. The van der Waals surface area contributed by atoms with Gasteiger partial charge >= 0.3 is 0 Å². The minimum atomic E-state index is -0.218. The highest BCUT2D eigenvalue weighted by molar-refractivity contribution is 5.85. The molecule has 0 saturated carbocycles. The van der Waals surface area contributed by atoms with E-state index < -0.39 is 0 Å². The van der Waals surface area contributed by atoms with Gasteiger partial charge in [0.15, 0.2) is 0 Å². The van der Waals surface area contributed by atoms with Crippen LogP contribution in [0.5, 0.6) is 0 Å². The number of carbonyl (C=O) groups is 1. The molecule has 2 unspecified atom stereocenters. The Hall–Kier alpha value is -1.13. The van der Waals surface area contributed by atoms with Gasteiger partial charge in [-0.1, -0.05) is 25.1 Å². The van der Waals surface area contributed by atoms with Crippen LogP contribution in [0.2, 0.25) is 0 Å². The number of benzene rings is 1. The number of halogens is 2. The van der Waals surface area contributed by atoms with Crippen molar-refractivity contribution in [1.29, 1.82) is 0 Å². The highest BCUT2D eigenvalue weighted by atomic mass is 35.5. The Morgan fingerprint density at radius 1 is 1.45 bits per heavy atom. The van der Waals surface area contributed by atoms with Crippen molar-refractivity contribution in [3.05, 3.63) is 35.6 Å². The van der Waals surface area contributed by atoms with E-state index in [0.717, 1.165) is 26.1 Å². The molecule has 0 bridgehead atoms. The molecule has 1 aromatic rings. The van der Waals surface area contributed by atoms with Crippen LogP contribution < -0.4 is 5.32 Å². The predicted molar refractivity (Wildman–Crippen MR) is 89.9 cm³/mol. The summed E-state index contributed by atoms with van der Waals surface area (Å²) in [5.41, 5.74) is 0.634. The monoisotopic (exact) mass is 328 g/mol. The molecule has 2 rings (SSSR count). The van der Waals surface area contributed by atoms with Crippen LogP contribution in [-0.4, -0.2) is 37.5 Å². The third-order valence-corrected chi connectivity index (χ3v) is 4.28. The summed E-state index contributed by atoms with van der Waals surface area (Å²) in [6.07, 6.45) is 2.62. The molecule has 1 amide bonds. The van der Waals surface area contributed by atoms with E-state index in [-0.39, 0.29) is 30.0 Å². The van der Waals surface area contributed by atoms with Gasteiger partial charge in [-0.15, -0.1) is 12.4 Å².